The normalized spacial score (nSPS) is 22.1. The van der Waals surface area contributed by atoms with Crippen molar-refractivity contribution in [3.05, 3.63) is 6.33 Å². The van der Waals surface area contributed by atoms with Crippen LogP contribution in [0.1, 0.15) is 40.5 Å². The molecule has 2 rings (SSSR count). The molecule has 0 radical (unpaired) electrons. The van der Waals surface area contributed by atoms with Crippen LogP contribution in [0.4, 0.5) is 17.3 Å². The van der Waals surface area contributed by atoms with Crippen molar-refractivity contribution in [1.29, 1.82) is 0 Å². The molecule has 1 aliphatic rings. The molecule has 6 nitrogen and oxygen atoms in total. The SMILES string of the molecule is CC1(C)CC(Nc2ncnc(N)c2N)CC(C)(C)N1. The third-order valence-electron chi connectivity index (χ3n) is 3.45. The molecule has 1 aromatic rings. The van der Waals surface area contributed by atoms with Gasteiger partial charge >= 0.3 is 0 Å². The largest absolute Gasteiger partial charge is 0.393 e. The van der Waals surface area contributed by atoms with Gasteiger partial charge in [-0.25, -0.2) is 9.97 Å². The number of nitrogens with two attached hydrogens (primary N) is 2. The van der Waals surface area contributed by atoms with Gasteiger partial charge < -0.3 is 22.1 Å². The highest BCUT2D eigenvalue weighted by atomic mass is 15.1. The second-order valence-electron chi connectivity index (χ2n) is 6.66. The van der Waals surface area contributed by atoms with E-state index in [1.807, 2.05) is 0 Å². The minimum absolute atomic E-state index is 0.0761. The summed E-state index contributed by atoms with van der Waals surface area (Å²) in [7, 11) is 0. The van der Waals surface area contributed by atoms with E-state index in [0.717, 1.165) is 12.8 Å². The van der Waals surface area contributed by atoms with E-state index in [1.165, 1.54) is 6.33 Å². The van der Waals surface area contributed by atoms with Gasteiger partial charge in [-0.15, -0.1) is 0 Å². The van der Waals surface area contributed by atoms with Crippen molar-refractivity contribution >= 4 is 17.3 Å². The Morgan fingerprint density at radius 1 is 1.16 bits per heavy atom. The number of anilines is 3. The summed E-state index contributed by atoms with van der Waals surface area (Å²) in [6, 6.07) is 0.308. The lowest BCUT2D eigenvalue weighted by Crippen LogP contribution is -2.60. The van der Waals surface area contributed by atoms with Crippen molar-refractivity contribution < 1.29 is 0 Å². The van der Waals surface area contributed by atoms with E-state index in [-0.39, 0.29) is 11.1 Å². The quantitative estimate of drug-likeness (QED) is 0.643. The van der Waals surface area contributed by atoms with Gasteiger partial charge in [0, 0.05) is 17.1 Å². The molecule has 6 N–H and O–H groups in total. The first kappa shape index (κ1) is 13.9. The first-order valence-electron chi connectivity index (χ1n) is 6.60. The van der Waals surface area contributed by atoms with Gasteiger partial charge in [-0.1, -0.05) is 0 Å². The lowest BCUT2D eigenvalue weighted by Gasteiger charge is -2.46. The fourth-order valence-corrected chi connectivity index (χ4v) is 3.14. The number of aromatic nitrogens is 2. The standard InChI is InChI=1S/C13H24N6/c1-12(2)5-8(6-13(3,4)19-12)18-11-9(14)10(15)16-7-17-11/h7-8,19H,5-6,14H2,1-4H3,(H3,15,16,17,18). The van der Waals surface area contributed by atoms with Gasteiger partial charge in [0.1, 0.15) is 12.0 Å². The van der Waals surface area contributed by atoms with Crippen LogP contribution in [0.2, 0.25) is 0 Å². The minimum Gasteiger partial charge on any atom is -0.393 e. The maximum Gasteiger partial charge on any atom is 0.155 e. The first-order valence-corrected chi connectivity index (χ1v) is 6.60. The van der Waals surface area contributed by atoms with Crippen LogP contribution in [0.25, 0.3) is 0 Å². The van der Waals surface area contributed by atoms with Gasteiger partial charge in [0.25, 0.3) is 0 Å². The van der Waals surface area contributed by atoms with Crippen LogP contribution in [0.5, 0.6) is 0 Å². The fraction of sp³-hybridized carbons (Fsp3) is 0.692. The van der Waals surface area contributed by atoms with E-state index >= 15 is 0 Å². The summed E-state index contributed by atoms with van der Waals surface area (Å²) in [6.07, 6.45) is 3.44. The van der Waals surface area contributed by atoms with Gasteiger partial charge in [-0.2, -0.15) is 0 Å². The Kier molecular flexibility index (Phi) is 3.30. The maximum absolute atomic E-state index is 5.91. The lowest BCUT2D eigenvalue weighted by molar-refractivity contribution is 0.170. The number of rotatable bonds is 2. The van der Waals surface area contributed by atoms with Gasteiger partial charge in [0.15, 0.2) is 11.6 Å². The zero-order valence-corrected chi connectivity index (χ0v) is 12.1. The molecule has 19 heavy (non-hydrogen) atoms. The average Bonchev–Trinajstić information content (AvgIpc) is 2.20. The molecule has 1 saturated heterocycles. The minimum atomic E-state index is 0.0761. The number of hydrogen-bond acceptors (Lipinski definition) is 6. The molecule has 0 aliphatic carbocycles. The van der Waals surface area contributed by atoms with Crippen LogP contribution >= 0.6 is 0 Å². The van der Waals surface area contributed by atoms with Crippen molar-refractivity contribution in [1.82, 2.24) is 15.3 Å². The third-order valence-corrected chi connectivity index (χ3v) is 3.45. The van der Waals surface area contributed by atoms with Crippen LogP contribution in [0.15, 0.2) is 6.33 Å². The number of nitrogen functional groups attached to an aromatic ring is 2. The zero-order valence-electron chi connectivity index (χ0n) is 12.1. The van der Waals surface area contributed by atoms with Gasteiger partial charge in [-0.05, 0) is 40.5 Å². The Morgan fingerprint density at radius 2 is 1.74 bits per heavy atom. The molecule has 0 aromatic carbocycles. The summed E-state index contributed by atoms with van der Waals surface area (Å²) in [5.74, 6) is 0.955. The second kappa shape index (κ2) is 4.52. The van der Waals surface area contributed by atoms with Crippen LogP contribution in [-0.2, 0) is 0 Å². The molecule has 1 aromatic heterocycles. The topological polar surface area (TPSA) is 102 Å². The molecule has 0 amide bonds. The Morgan fingerprint density at radius 3 is 2.32 bits per heavy atom. The molecule has 0 bridgehead atoms. The van der Waals surface area contributed by atoms with E-state index in [9.17, 15) is 0 Å². The highest BCUT2D eigenvalue weighted by Crippen LogP contribution is 2.31. The molecule has 0 unspecified atom stereocenters. The number of piperidine rings is 1. The van der Waals surface area contributed by atoms with Crippen LogP contribution in [-0.4, -0.2) is 27.1 Å². The molecule has 6 heteroatoms. The number of nitrogens with one attached hydrogen (secondary N) is 2. The molecule has 0 spiro atoms. The summed E-state index contributed by atoms with van der Waals surface area (Å²) < 4.78 is 0. The Bertz CT molecular complexity index is 452. The third kappa shape index (κ3) is 3.26. The number of nitrogens with zero attached hydrogens (tertiary/aromatic N) is 2. The summed E-state index contributed by atoms with van der Waals surface area (Å²) in [5, 5.41) is 7.05. The van der Waals surface area contributed by atoms with Gasteiger partial charge in [0.05, 0.1) is 0 Å². The van der Waals surface area contributed by atoms with Crippen molar-refractivity contribution in [2.24, 2.45) is 0 Å². The van der Waals surface area contributed by atoms with E-state index in [2.05, 4.69) is 48.3 Å². The molecular weight excluding hydrogens is 240 g/mol. The summed E-state index contributed by atoms with van der Waals surface area (Å²) in [5.41, 5.74) is 12.2. The van der Waals surface area contributed by atoms with E-state index in [4.69, 9.17) is 11.5 Å². The first-order chi connectivity index (χ1) is 8.69. The lowest BCUT2D eigenvalue weighted by atomic mass is 9.79. The maximum atomic E-state index is 5.91. The second-order valence-corrected chi connectivity index (χ2v) is 6.66. The van der Waals surface area contributed by atoms with Crippen molar-refractivity contribution in [3.8, 4) is 0 Å². The smallest absolute Gasteiger partial charge is 0.155 e. The zero-order chi connectivity index (χ0) is 14.3. The Hall–Kier alpha value is -1.56. The average molecular weight is 264 g/mol. The van der Waals surface area contributed by atoms with E-state index in [1.54, 1.807) is 0 Å². The van der Waals surface area contributed by atoms with Gasteiger partial charge in [0.2, 0.25) is 0 Å². The van der Waals surface area contributed by atoms with E-state index in [0.29, 0.717) is 23.4 Å². The molecular formula is C13H24N6. The van der Waals surface area contributed by atoms with Crippen LogP contribution in [0.3, 0.4) is 0 Å². The molecule has 1 aliphatic heterocycles. The monoisotopic (exact) mass is 264 g/mol. The molecule has 2 heterocycles. The summed E-state index contributed by atoms with van der Waals surface area (Å²) in [6.45, 7) is 8.83. The fourth-order valence-electron chi connectivity index (χ4n) is 3.14. The summed E-state index contributed by atoms with van der Waals surface area (Å²) in [4.78, 5) is 8.06. The highest BCUT2D eigenvalue weighted by molar-refractivity contribution is 5.72. The molecule has 0 atom stereocenters. The Balaban J connectivity index is 2.16. The molecule has 1 fully saturated rings. The Labute approximate surface area is 114 Å². The van der Waals surface area contributed by atoms with Crippen molar-refractivity contribution in [3.63, 3.8) is 0 Å². The van der Waals surface area contributed by atoms with Crippen LogP contribution in [0, 0.1) is 0 Å². The van der Waals surface area contributed by atoms with Crippen molar-refractivity contribution in [2.75, 3.05) is 16.8 Å². The van der Waals surface area contributed by atoms with E-state index < -0.39 is 0 Å². The molecule has 106 valence electrons. The molecule has 0 saturated carbocycles. The van der Waals surface area contributed by atoms with Crippen molar-refractivity contribution in [2.45, 2.75) is 57.7 Å². The predicted molar refractivity (Wildman–Crippen MR) is 78.8 cm³/mol. The highest BCUT2D eigenvalue weighted by Gasteiger charge is 2.37. The van der Waals surface area contributed by atoms with Gasteiger partial charge in [-0.3, -0.25) is 0 Å². The number of hydrogen-bond donors (Lipinski definition) is 4. The predicted octanol–water partition coefficient (Wildman–Crippen LogP) is 1.36. The van der Waals surface area contributed by atoms with Crippen LogP contribution < -0.4 is 22.1 Å². The summed E-state index contributed by atoms with van der Waals surface area (Å²) >= 11 is 0.